The Hall–Kier alpha value is 0.870. The predicted octanol–water partition coefficient (Wildman–Crippen LogP) is 3.20. The second-order valence-electron chi connectivity index (χ2n) is 2.76. The molecule has 0 heterocycles. The van der Waals surface area contributed by atoms with Crippen LogP contribution in [-0.2, 0) is 0 Å². The van der Waals surface area contributed by atoms with E-state index < -0.39 is 4.33 Å². The maximum Gasteiger partial charge on any atom is 0.141 e. The summed E-state index contributed by atoms with van der Waals surface area (Å²) < 4.78 is -0.677. The Morgan fingerprint density at radius 1 is 1.44 bits per heavy atom. The molecule has 9 heavy (non-hydrogen) atoms. The van der Waals surface area contributed by atoms with Crippen molar-refractivity contribution in [1.82, 2.24) is 0 Å². The van der Waals surface area contributed by atoms with E-state index in [0.717, 1.165) is 6.42 Å². The SMILES string of the molecule is CCC1(C)C(Cl)C1(Cl)Cl. The molecule has 0 N–H and O–H groups in total. The van der Waals surface area contributed by atoms with E-state index in [0.29, 0.717) is 0 Å². The molecule has 1 aliphatic rings. The van der Waals surface area contributed by atoms with Crippen molar-refractivity contribution in [2.45, 2.75) is 30.0 Å². The molecule has 0 aliphatic heterocycles. The number of halogens is 3. The van der Waals surface area contributed by atoms with E-state index in [9.17, 15) is 0 Å². The Bertz CT molecular complexity index is 132. The van der Waals surface area contributed by atoms with Crippen molar-refractivity contribution in [3.63, 3.8) is 0 Å². The van der Waals surface area contributed by atoms with Crippen LogP contribution in [0.3, 0.4) is 0 Å². The van der Waals surface area contributed by atoms with Crippen LogP contribution in [-0.4, -0.2) is 9.71 Å². The van der Waals surface area contributed by atoms with E-state index in [1.807, 2.05) is 13.8 Å². The first-order valence-electron chi connectivity index (χ1n) is 2.98. The third-order valence-corrected chi connectivity index (χ3v) is 4.62. The lowest BCUT2D eigenvalue weighted by molar-refractivity contribution is 0.544. The van der Waals surface area contributed by atoms with Crippen LogP contribution in [0.25, 0.3) is 0 Å². The smallest absolute Gasteiger partial charge is 0.119 e. The van der Waals surface area contributed by atoms with Gasteiger partial charge in [-0.15, -0.1) is 11.6 Å². The Morgan fingerprint density at radius 2 is 1.78 bits per heavy atom. The standard InChI is InChI=1S/C6H9Cl3/c1-3-5(2)4(7)6(5,8)9/h4H,3H2,1-2H3. The summed E-state index contributed by atoms with van der Waals surface area (Å²) >= 11 is 17.5. The lowest BCUT2D eigenvalue weighted by Crippen LogP contribution is -2.01. The summed E-state index contributed by atoms with van der Waals surface area (Å²) in [7, 11) is 0. The molecule has 1 fully saturated rings. The van der Waals surface area contributed by atoms with Crippen LogP contribution in [0.2, 0.25) is 0 Å². The van der Waals surface area contributed by atoms with Crippen LogP contribution in [0, 0.1) is 5.41 Å². The minimum absolute atomic E-state index is 0.0579. The van der Waals surface area contributed by atoms with Crippen molar-refractivity contribution >= 4 is 34.8 Å². The van der Waals surface area contributed by atoms with E-state index in [-0.39, 0.29) is 10.8 Å². The van der Waals surface area contributed by atoms with Gasteiger partial charge in [0.15, 0.2) is 0 Å². The van der Waals surface area contributed by atoms with Gasteiger partial charge in [0.1, 0.15) is 4.33 Å². The fourth-order valence-corrected chi connectivity index (χ4v) is 2.43. The topological polar surface area (TPSA) is 0 Å². The number of rotatable bonds is 1. The second kappa shape index (κ2) is 1.93. The van der Waals surface area contributed by atoms with E-state index in [1.165, 1.54) is 0 Å². The molecule has 1 aliphatic carbocycles. The summed E-state index contributed by atoms with van der Waals surface area (Å²) in [5, 5.41) is -0.0710. The third-order valence-electron chi connectivity index (χ3n) is 2.29. The molecule has 0 bridgehead atoms. The van der Waals surface area contributed by atoms with Gasteiger partial charge >= 0.3 is 0 Å². The van der Waals surface area contributed by atoms with Crippen molar-refractivity contribution < 1.29 is 0 Å². The summed E-state index contributed by atoms with van der Waals surface area (Å²) in [5.74, 6) is 0. The first-order valence-corrected chi connectivity index (χ1v) is 4.18. The van der Waals surface area contributed by atoms with E-state index in [2.05, 4.69) is 0 Å². The largest absolute Gasteiger partial charge is 0.141 e. The van der Waals surface area contributed by atoms with Crippen LogP contribution < -0.4 is 0 Å². The number of hydrogen-bond donors (Lipinski definition) is 0. The molecule has 0 radical (unpaired) electrons. The molecular weight excluding hydrogens is 178 g/mol. The Balaban J connectivity index is 2.70. The van der Waals surface area contributed by atoms with Gasteiger partial charge in [-0.3, -0.25) is 0 Å². The van der Waals surface area contributed by atoms with E-state index in [4.69, 9.17) is 34.8 Å². The second-order valence-corrected chi connectivity index (χ2v) is 4.58. The number of alkyl halides is 3. The van der Waals surface area contributed by atoms with Gasteiger partial charge in [0.2, 0.25) is 0 Å². The highest BCUT2D eigenvalue weighted by molar-refractivity contribution is 6.57. The minimum Gasteiger partial charge on any atom is -0.119 e. The summed E-state index contributed by atoms with van der Waals surface area (Å²) in [6.45, 7) is 4.05. The van der Waals surface area contributed by atoms with Gasteiger partial charge in [0.25, 0.3) is 0 Å². The molecule has 0 aromatic rings. The van der Waals surface area contributed by atoms with E-state index >= 15 is 0 Å². The van der Waals surface area contributed by atoms with Gasteiger partial charge in [0, 0.05) is 5.41 Å². The average Bonchev–Trinajstić information content (AvgIpc) is 2.16. The van der Waals surface area contributed by atoms with Crippen molar-refractivity contribution in [2.75, 3.05) is 0 Å². The maximum atomic E-state index is 5.83. The van der Waals surface area contributed by atoms with Crippen LogP contribution in [0.15, 0.2) is 0 Å². The summed E-state index contributed by atoms with van der Waals surface area (Å²) in [6.07, 6.45) is 0.939. The minimum atomic E-state index is -0.677. The van der Waals surface area contributed by atoms with Gasteiger partial charge < -0.3 is 0 Å². The van der Waals surface area contributed by atoms with Crippen LogP contribution in [0.4, 0.5) is 0 Å². The molecule has 3 heteroatoms. The van der Waals surface area contributed by atoms with Gasteiger partial charge in [-0.2, -0.15) is 0 Å². The van der Waals surface area contributed by atoms with E-state index in [1.54, 1.807) is 0 Å². The average molecular weight is 187 g/mol. The van der Waals surface area contributed by atoms with Crippen molar-refractivity contribution in [3.05, 3.63) is 0 Å². The first-order chi connectivity index (χ1) is 3.97. The zero-order valence-corrected chi connectivity index (χ0v) is 7.69. The molecule has 0 spiro atoms. The first kappa shape index (κ1) is 7.97. The third kappa shape index (κ3) is 0.800. The summed E-state index contributed by atoms with van der Waals surface area (Å²) in [6, 6.07) is 0. The summed E-state index contributed by atoms with van der Waals surface area (Å²) in [5.41, 5.74) is -0.0579. The Labute approximate surface area is 70.5 Å². The molecule has 0 saturated heterocycles. The Morgan fingerprint density at radius 3 is 1.78 bits per heavy atom. The zero-order valence-electron chi connectivity index (χ0n) is 5.42. The van der Waals surface area contributed by atoms with Crippen LogP contribution in [0.1, 0.15) is 20.3 Å². The van der Waals surface area contributed by atoms with Crippen molar-refractivity contribution in [1.29, 1.82) is 0 Å². The molecule has 0 amide bonds. The zero-order chi connectivity index (χ0) is 7.28. The molecule has 1 saturated carbocycles. The van der Waals surface area contributed by atoms with Crippen LogP contribution in [0.5, 0.6) is 0 Å². The molecule has 1 rings (SSSR count). The molecule has 54 valence electrons. The highest BCUT2D eigenvalue weighted by atomic mass is 35.5. The molecule has 0 nitrogen and oxygen atoms in total. The Kier molecular flexibility index (Phi) is 1.71. The van der Waals surface area contributed by atoms with Crippen molar-refractivity contribution in [2.24, 2.45) is 5.41 Å². The normalized spacial score (nSPS) is 47.0. The predicted molar refractivity (Wildman–Crippen MR) is 42.5 cm³/mol. The van der Waals surface area contributed by atoms with Crippen molar-refractivity contribution in [3.8, 4) is 0 Å². The van der Waals surface area contributed by atoms with Gasteiger partial charge in [-0.05, 0) is 6.42 Å². The monoisotopic (exact) mass is 186 g/mol. The maximum absolute atomic E-state index is 5.83. The molecule has 0 aromatic carbocycles. The fraction of sp³-hybridized carbons (Fsp3) is 1.00. The van der Waals surface area contributed by atoms with Gasteiger partial charge in [-0.25, -0.2) is 0 Å². The quantitative estimate of drug-likeness (QED) is 0.553. The number of hydrogen-bond acceptors (Lipinski definition) is 0. The van der Waals surface area contributed by atoms with Crippen LogP contribution >= 0.6 is 34.8 Å². The molecular formula is C6H9Cl3. The van der Waals surface area contributed by atoms with Gasteiger partial charge in [0.05, 0.1) is 5.38 Å². The molecule has 2 unspecified atom stereocenters. The fourth-order valence-electron chi connectivity index (χ4n) is 0.945. The molecule has 0 aromatic heterocycles. The summed E-state index contributed by atoms with van der Waals surface area (Å²) in [4.78, 5) is 0. The molecule has 2 atom stereocenters. The lowest BCUT2D eigenvalue weighted by atomic mass is 10.1. The highest BCUT2D eigenvalue weighted by Crippen LogP contribution is 2.68. The van der Waals surface area contributed by atoms with Gasteiger partial charge in [-0.1, -0.05) is 37.0 Å². The highest BCUT2D eigenvalue weighted by Gasteiger charge is 2.71. The lowest BCUT2D eigenvalue weighted by Gasteiger charge is -2.04.